The predicted octanol–water partition coefficient (Wildman–Crippen LogP) is 3.03. The van der Waals surface area contributed by atoms with E-state index in [-0.39, 0.29) is 11.7 Å². The second kappa shape index (κ2) is 10.5. The van der Waals surface area contributed by atoms with Crippen molar-refractivity contribution in [3.05, 3.63) is 60.1 Å². The Morgan fingerprint density at radius 3 is 2.60 bits per heavy atom. The molecule has 1 unspecified atom stereocenters. The Hall–Kier alpha value is -3.79. The monoisotopic (exact) mass is 607 g/mol. The highest BCUT2D eigenvalue weighted by Crippen LogP contribution is 2.32. The molecular weight excluding hydrogens is 578 g/mol. The molecule has 0 bridgehead atoms. The number of alkyl halides is 4. The lowest BCUT2D eigenvalue weighted by atomic mass is 9.93. The van der Waals surface area contributed by atoms with Crippen LogP contribution < -0.4 is 16.4 Å². The van der Waals surface area contributed by atoms with Gasteiger partial charge in [0.05, 0.1) is 34.6 Å². The fourth-order valence-electron chi connectivity index (χ4n) is 5.07. The molecule has 11 nitrogen and oxygen atoms in total. The zero-order valence-corrected chi connectivity index (χ0v) is 23.1. The highest BCUT2D eigenvalue weighted by molar-refractivity contribution is 7.90. The van der Waals surface area contributed by atoms with Gasteiger partial charge in [-0.2, -0.15) is 27.5 Å². The summed E-state index contributed by atoms with van der Waals surface area (Å²) in [5.74, 6) is -1.13. The molecule has 4 heterocycles. The normalized spacial score (nSPS) is 25.0. The number of aromatic nitrogens is 5. The van der Waals surface area contributed by atoms with E-state index in [1.807, 2.05) is 0 Å². The molecule has 4 N–H and O–H groups in total. The average Bonchev–Trinajstić information content (AvgIpc) is 3.52. The number of pyridine rings is 1. The van der Waals surface area contributed by atoms with Crippen molar-refractivity contribution >= 4 is 21.8 Å². The molecule has 2 aliphatic carbocycles. The minimum absolute atomic E-state index is 0.102. The van der Waals surface area contributed by atoms with E-state index in [1.54, 1.807) is 12.1 Å². The molecule has 0 aromatic carbocycles. The summed E-state index contributed by atoms with van der Waals surface area (Å²) in [5.41, 5.74) is 8.76. The van der Waals surface area contributed by atoms with Crippen LogP contribution in [-0.2, 0) is 22.4 Å². The zero-order valence-electron chi connectivity index (χ0n) is 22.3. The highest BCUT2D eigenvalue weighted by Gasteiger charge is 2.38. The van der Waals surface area contributed by atoms with Crippen LogP contribution in [0.4, 0.5) is 17.6 Å². The van der Waals surface area contributed by atoms with Crippen LogP contribution in [0.15, 0.2) is 53.8 Å². The van der Waals surface area contributed by atoms with Crippen molar-refractivity contribution in [1.82, 2.24) is 34.6 Å². The predicted molar refractivity (Wildman–Crippen MR) is 146 cm³/mol. The summed E-state index contributed by atoms with van der Waals surface area (Å²) in [4.78, 5) is 8.86. The van der Waals surface area contributed by atoms with E-state index in [0.717, 1.165) is 8.77 Å². The summed E-state index contributed by atoms with van der Waals surface area (Å²) < 4.78 is 79.5. The minimum atomic E-state index is -4.44. The van der Waals surface area contributed by atoms with Crippen molar-refractivity contribution < 1.29 is 26.0 Å². The number of allylic oxidation sites excluding steroid dienone is 1. The smallest absolute Gasteiger partial charge is 0.368 e. The summed E-state index contributed by atoms with van der Waals surface area (Å²) in [7, 11) is -3.55. The number of nitrogens with one attached hydrogen (secondary N) is 2. The number of aliphatic imine (C=N–C) groups is 1. The molecule has 0 spiro atoms. The number of hydrogen-bond donors (Lipinski definition) is 3. The van der Waals surface area contributed by atoms with Crippen molar-refractivity contribution in [3.8, 4) is 11.3 Å². The van der Waals surface area contributed by atoms with E-state index in [2.05, 4.69) is 30.8 Å². The maximum Gasteiger partial charge on any atom is 0.408 e. The first kappa shape index (κ1) is 28.3. The first-order valence-corrected chi connectivity index (χ1v) is 15.0. The van der Waals surface area contributed by atoms with E-state index >= 15 is 0 Å². The molecular formula is C26H29F4N9O2S. The lowest BCUT2D eigenvalue weighted by Gasteiger charge is -2.36. The van der Waals surface area contributed by atoms with Crippen molar-refractivity contribution in [2.24, 2.45) is 10.7 Å². The van der Waals surface area contributed by atoms with Gasteiger partial charge < -0.3 is 10.6 Å². The molecule has 2 fully saturated rings. The number of hydrogen-bond acceptors (Lipinski definition) is 9. The fourth-order valence-corrected chi connectivity index (χ4v) is 6.55. The third-order valence-corrected chi connectivity index (χ3v) is 9.54. The van der Waals surface area contributed by atoms with Crippen LogP contribution in [0.2, 0.25) is 0 Å². The molecule has 0 amide bonds. The highest BCUT2D eigenvalue weighted by atomic mass is 32.2. The number of halogens is 4. The minimum Gasteiger partial charge on any atom is -0.368 e. The van der Waals surface area contributed by atoms with Gasteiger partial charge in [-0.1, -0.05) is 0 Å². The topological polar surface area (TPSA) is 145 Å². The standard InChI is InChI=1S/C26H29F4N9O2S/c27-18-1-3-19(4-2-18)35-24-21(22-8-10-38(37-22)15-25(28,29)30)13-33-26(31,36-24)17-7-9-32-23(11-17)16-12-34-39(14-16)42(40,41)20-5-6-20/h7-14,18-20,35-36H,1-6,15,31H2. The Morgan fingerprint density at radius 1 is 1.12 bits per heavy atom. The van der Waals surface area contributed by atoms with Crippen LogP contribution in [0, 0.1) is 0 Å². The summed E-state index contributed by atoms with van der Waals surface area (Å²) in [5, 5.41) is 14.2. The maximum atomic E-state index is 13.8. The van der Waals surface area contributed by atoms with Gasteiger partial charge in [-0.05, 0) is 56.7 Å². The SMILES string of the molecule is NC1(c2ccnc(-c3cnn(S(=O)(=O)C4CC4)c3)c2)N=CC(c2ccn(CC(F)(F)F)n2)=C(NC2CCC(F)CC2)N1. The van der Waals surface area contributed by atoms with Gasteiger partial charge in [0.15, 0.2) is 0 Å². The van der Waals surface area contributed by atoms with Gasteiger partial charge in [-0.25, -0.2) is 17.8 Å². The van der Waals surface area contributed by atoms with Crippen LogP contribution >= 0.6 is 0 Å². The fraction of sp³-hybridized carbons (Fsp3) is 0.462. The maximum absolute atomic E-state index is 13.8. The summed E-state index contributed by atoms with van der Waals surface area (Å²) in [6, 6.07) is 4.66. The molecule has 1 atom stereocenters. The molecule has 224 valence electrons. The molecule has 1 aliphatic heterocycles. The molecule has 2 saturated carbocycles. The molecule has 3 aromatic heterocycles. The van der Waals surface area contributed by atoms with Gasteiger partial charge >= 0.3 is 6.18 Å². The lowest BCUT2D eigenvalue weighted by Crippen LogP contribution is -2.54. The second-order valence-corrected chi connectivity index (χ2v) is 12.9. The van der Waals surface area contributed by atoms with Crippen LogP contribution in [0.25, 0.3) is 16.8 Å². The quantitative estimate of drug-likeness (QED) is 0.332. The van der Waals surface area contributed by atoms with Gasteiger partial charge in [0.25, 0.3) is 10.0 Å². The summed E-state index contributed by atoms with van der Waals surface area (Å²) in [6.07, 6.45) is 4.81. The van der Waals surface area contributed by atoms with Crippen LogP contribution in [0.1, 0.15) is 49.8 Å². The van der Waals surface area contributed by atoms with Gasteiger partial charge in [0.2, 0.25) is 5.79 Å². The van der Waals surface area contributed by atoms with Crippen molar-refractivity contribution in [1.29, 1.82) is 0 Å². The van der Waals surface area contributed by atoms with Crippen molar-refractivity contribution in [2.75, 3.05) is 0 Å². The Kier molecular flexibility index (Phi) is 7.07. The molecule has 42 heavy (non-hydrogen) atoms. The molecule has 3 aromatic rings. The molecule has 3 aliphatic rings. The Morgan fingerprint density at radius 2 is 1.88 bits per heavy atom. The van der Waals surface area contributed by atoms with Crippen molar-refractivity contribution in [3.63, 3.8) is 0 Å². The third-order valence-electron chi connectivity index (χ3n) is 7.51. The van der Waals surface area contributed by atoms with E-state index < -0.39 is 40.0 Å². The number of rotatable bonds is 8. The largest absolute Gasteiger partial charge is 0.408 e. The van der Waals surface area contributed by atoms with Gasteiger partial charge in [-0.15, -0.1) is 0 Å². The van der Waals surface area contributed by atoms with Gasteiger partial charge in [-0.3, -0.25) is 15.4 Å². The van der Waals surface area contributed by atoms with E-state index in [0.29, 0.717) is 66.7 Å². The first-order chi connectivity index (χ1) is 19.9. The molecule has 16 heteroatoms. The van der Waals surface area contributed by atoms with Gasteiger partial charge in [0, 0.05) is 35.8 Å². The van der Waals surface area contributed by atoms with Crippen LogP contribution in [0.3, 0.4) is 0 Å². The lowest BCUT2D eigenvalue weighted by molar-refractivity contribution is -0.142. The van der Waals surface area contributed by atoms with Gasteiger partial charge in [0.1, 0.15) is 18.5 Å². The van der Waals surface area contributed by atoms with E-state index in [4.69, 9.17) is 5.73 Å². The zero-order chi connectivity index (χ0) is 29.7. The first-order valence-electron chi connectivity index (χ1n) is 13.5. The third kappa shape index (κ3) is 5.90. The molecule has 0 saturated heterocycles. The Balaban J connectivity index is 1.30. The van der Waals surface area contributed by atoms with E-state index in [1.165, 1.54) is 37.1 Å². The van der Waals surface area contributed by atoms with Crippen LogP contribution in [0.5, 0.6) is 0 Å². The Labute approximate surface area is 239 Å². The average molecular weight is 608 g/mol. The van der Waals surface area contributed by atoms with Crippen LogP contribution in [-0.4, -0.2) is 62.2 Å². The summed E-state index contributed by atoms with van der Waals surface area (Å²) >= 11 is 0. The second-order valence-electron chi connectivity index (χ2n) is 10.8. The van der Waals surface area contributed by atoms with Crippen molar-refractivity contribution in [2.45, 2.75) is 74.5 Å². The number of nitrogens with zero attached hydrogens (tertiary/aromatic N) is 6. The summed E-state index contributed by atoms with van der Waals surface area (Å²) in [6.45, 7) is -1.24. The molecule has 6 rings (SSSR count). The number of nitrogens with two attached hydrogens (primary N) is 1. The Bertz CT molecular complexity index is 1640. The molecule has 0 radical (unpaired) electrons. The van der Waals surface area contributed by atoms with E-state index in [9.17, 15) is 26.0 Å².